The van der Waals surface area contributed by atoms with Crippen molar-refractivity contribution in [1.29, 1.82) is 0 Å². The van der Waals surface area contributed by atoms with Gasteiger partial charge in [-0.3, -0.25) is 4.98 Å². The summed E-state index contributed by atoms with van der Waals surface area (Å²) in [6.45, 7) is 3.18. The minimum Gasteiger partial charge on any atom is -0.397 e. The van der Waals surface area contributed by atoms with Crippen molar-refractivity contribution in [2.45, 2.75) is 32.7 Å². The van der Waals surface area contributed by atoms with Gasteiger partial charge in [-0.2, -0.15) is 0 Å². The van der Waals surface area contributed by atoms with E-state index in [2.05, 4.69) is 22.5 Å². The molecule has 2 aromatic heterocycles. The number of hydrogen-bond acceptors (Lipinski definition) is 3. The average molecular weight is 280 g/mol. The van der Waals surface area contributed by atoms with Crippen LogP contribution in [0, 0.1) is 0 Å². The Bertz CT molecular complexity index is 731. The van der Waals surface area contributed by atoms with E-state index in [0.717, 1.165) is 41.1 Å². The highest BCUT2D eigenvalue weighted by molar-refractivity contribution is 5.90. The topological polar surface area (TPSA) is 56.7 Å². The van der Waals surface area contributed by atoms with Crippen LogP contribution in [0.25, 0.3) is 22.4 Å². The fraction of sp³-hybridized carbons (Fsp3) is 0.294. The van der Waals surface area contributed by atoms with Crippen LogP contribution in [0.1, 0.15) is 26.2 Å². The number of unbranched alkanes of at least 4 members (excludes halogenated alkanes) is 2. The van der Waals surface area contributed by atoms with Gasteiger partial charge in [0.1, 0.15) is 11.3 Å². The number of hydrogen-bond donors (Lipinski definition) is 1. The molecule has 0 spiro atoms. The number of aryl methyl sites for hydroxylation is 1. The van der Waals surface area contributed by atoms with Crippen LogP contribution in [0.3, 0.4) is 0 Å². The minimum absolute atomic E-state index is 0.733. The Balaban J connectivity index is 2.13. The number of nitrogens with two attached hydrogens (primary N) is 1. The molecule has 108 valence electrons. The molecular weight excluding hydrogens is 260 g/mol. The number of fused-ring (bicyclic) bond motifs is 1. The second-order valence-corrected chi connectivity index (χ2v) is 5.25. The van der Waals surface area contributed by atoms with Gasteiger partial charge in [0.15, 0.2) is 0 Å². The smallest absolute Gasteiger partial charge is 0.141 e. The van der Waals surface area contributed by atoms with Crippen molar-refractivity contribution in [2.24, 2.45) is 0 Å². The van der Waals surface area contributed by atoms with Crippen molar-refractivity contribution < 1.29 is 0 Å². The van der Waals surface area contributed by atoms with Crippen LogP contribution in [-0.4, -0.2) is 14.5 Å². The molecule has 0 unspecified atom stereocenters. The maximum atomic E-state index is 6.08. The van der Waals surface area contributed by atoms with Crippen LogP contribution in [0.2, 0.25) is 0 Å². The summed E-state index contributed by atoms with van der Waals surface area (Å²) in [7, 11) is 0. The molecule has 0 aliphatic carbocycles. The Labute approximate surface area is 124 Å². The first-order valence-electron chi connectivity index (χ1n) is 7.46. The largest absolute Gasteiger partial charge is 0.397 e. The van der Waals surface area contributed by atoms with Gasteiger partial charge in [0.25, 0.3) is 0 Å². The summed E-state index contributed by atoms with van der Waals surface area (Å²) in [4.78, 5) is 8.86. The Morgan fingerprint density at radius 2 is 1.90 bits per heavy atom. The van der Waals surface area contributed by atoms with E-state index in [0.29, 0.717) is 0 Å². The van der Waals surface area contributed by atoms with Crippen molar-refractivity contribution in [3.63, 3.8) is 0 Å². The third-order valence-corrected chi connectivity index (χ3v) is 3.73. The van der Waals surface area contributed by atoms with Crippen LogP contribution >= 0.6 is 0 Å². The van der Waals surface area contributed by atoms with Crippen molar-refractivity contribution >= 4 is 16.7 Å². The fourth-order valence-electron chi connectivity index (χ4n) is 2.64. The highest BCUT2D eigenvalue weighted by Crippen LogP contribution is 2.28. The second-order valence-electron chi connectivity index (χ2n) is 5.25. The monoisotopic (exact) mass is 280 g/mol. The number of nitrogen functional groups attached to an aromatic ring is 1. The number of aromatic nitrogens is 3. The van der Waals surface area contributed by atoms with Gasteiger partial charge in [-0.1, -0.05) is 25.8 Å². The number of imidazole rings is 1. The predicted octanol–water partition coefficient (Wildman–Crippen LogP) is 3.87. The highest BCUT2D eigenvalue weighted by Gasteiger charge is 2.13. The number of pyridine rings is 1. The molecule has 3 rings (SSSR count). The first-order valence-corrected chi connectivity index (χ1v) is 7.46. The maximum Gasteiger partial charge on any atom is 0.141 e. The summed E-state index contributed by atoms with van der Waals surface area (Å²) in [6, 6.07) is 9.98. The first-order chi connectivity index (χ1) is 10.3. The lowest BCUT2D eigenvalue weighted by molar-refractivity contribution is 0.617. The summed E-state index contributed by atoms with van der Waals surface area (Å²) in [5, 5.41) is 0. The molecule has 0 aliphatic rings. The summed E-state index contributed by atoms with van der Waals surface area (Å²) in [5.74, 6) is 0.974. The number of rotatable bonds is 5. The fourth-order valence-corrected chi connectivity index (χ4v) is 2.64. The molecule has 3 aromatic rings. The third-order valence-electron chi connectivity index (χ3n) is 3.73. The van der Waals surface area contributed by atoms with E-state index in [1.54, 1.807) is 12.4 Å². The van der Waals surface area contributed by atoms with E-state index < -0.39 is 0 Å². The standard InChI is InChI=1S/C17H20N4/c1-2-3-4-12-21-15-7-5-6-14(18)16(15)20-17(21)13-8-10-19-11-9-13/h5-11H,2-4,12,18H2,1H3. The SMILES string of the molecule is CCCCCn1c(-c2ccncc2)nc2c(N)cccc21. The molecule has 21 heavy (non-hydrogen) atoms. The molecule has 0 atom stereocenters. The Morgan fingerprint density at radius 1 is 1.10 bits per heavy atom. The maximum absolute atomic E-state index is 6.08. The van der Waals surface area contributed by atoms with Gasteiger partial charge >= 0.3 is 0 Å². The van der Waals surface area contributed by atoms with Gasteiger partial charge in [-0.15, -0.1) is 0 Å². The number of benzene rings is 1. The Hall–Kier alpha value is -2.36. The van der Waals surface area contributed by atoms with Crippen molar-refractivity contribution in [1.82, 2.24) is 14.5 Å². The van der Waals surface area contributed by atoms with Gasteiger partial charge in [0.2, 0.25) is 0 Å². The molecule has 2 N–H and O–H groups in total. The zero-order valence-electron chi connectivity index (χ0n) is 12.3. The Morgan fingerprint density at radius 3 is 2.67 bits per heavy atom. The molecule has 0 radical (unpaired) electrons. The summed E-state index contributed by atoms with van der Waals surface area (Å²) < 4.78 is 2.27. The zero-order chi connectivity index (χ0) is 14.7. The summed E-state index contributed by atoms with van der Waals surface area (Å²) >= 11 is 0. The van der Waals surface area contributed by atoms with E-state index in [1.165, 1.54) is 12.8 Å². The highest BCUT2D eigenvalue weighted by atomic mass is 15.1. The molecule has 0 saturated heterocycles. The molecule has 4 heteroatoms. The lowest BCUT2D eigenvalue weighted by Gasteiger charge is -2.09. The van der Waals surface area contributed by atoms with Gasteiger partial charge in [-0.25, -0.2) is 4.98 Å². The van der Waals surface area contributed by atoms with Crippen molar-refractivity contribution in [3.05, 3.63) is 42.7 Å². The second kappa shape index (κ2) is 5.95. The summed E-state index contributed by atoms with van der Waals surface area (Å²) in [6.07, 6.45) is 7.18. The first kappa shape index (κ1) is 13.6. The molecule has 0 amide bonds. The van der Waals surface area contributed by atoms with E-state index >= 15 is 0 Å². The minimum atomic E-state index is 0.733. The molecule has 2 heterocycles. The number of para-hydroxylation sites is 1. The molecular formula is C17H20N4. The van der Waals surface area contributed by atoms with E-state index in [4.69, 9.17) is 10.7 Å². The predicted molar refractivity (Wildman–Crippen MR) is 86.9 cm³/mol. The van der Waals surface area contributed by atoms with Crippen LogP contribution in [0.4, 0.5) is 5.69 Å². The molecule has 4 nitrogen and oxygen atoms in total. The lowest BCUT2D eigenvalue weighted by Crippen LogP contribution is -2.01. The molecule has 1 aromatic carbocycles. The lowest BCUT2D eigenvalue weighted by atomic mass is 10.2. The van der Waals surface area contributed by atoms with Gasteiger partial charge in [0.05, 0.1) is 11.2 Å². The van der Waals surface area contributed by atoms with E-state index in [9.17, 15) is 0 Å². The van der Waals surface area contributed by atoms with Crippen LogP contribution in [0.15, 0.2) is 42.7 Å². The third kappa shape index (κ3) is 2.61. The van der Waals surface area contributed by atoms with Gasteiger partial charge in [-0.05, 0) is 30.7 Å². The Kier molecular flexibility index (Phi) is 3.86. The van der Waals surface area contributed by atoms with E-state index in [-0.39, 0.29) is 0 Å². The quantitative estimate of drug-likeness (QED) is 0.570. The molecule has 0 aliphatic heterocycles. The molecule has 0 saturated carbocycles. The normalized spacial score (nSPS) is 11.1. The van der Waals surface area contributed by atoms with Gasteiger partial charge in [0, 0.05) is 24.5 Å². The number of nitrogens with zero attached hydrogens (tertiary/aromatic N) is 3. The van der Waals surface area contributed by atoms with Crippen LogP contribution in [0.5, 0.6) is 0 Å². The molecule has 0 bridgehead atoms. The molecule has 0 fully saturated rings. The van der Waals surface area contributed by atoms with Crippen molar-refractivity contribution in [3.8, 4) is 11.4 Å². The summed E-state index contributed by atoms with van der Waals surface area (Å²) in [5.41, 5.74) is 9.90. The average Bonchev–Trinajstić information content (AvgIpc) is 2.89. The zero-order valence-corrected chi connectivity index (χ0v) is 12.3. The number of anilines is 1. The van der Waals surface area contributed by atoms with Crippen molar-refractivity contribution in [2.75, 3.05) is 5.73 Å². The van der Waals surface area contributed by atoms with Crippen LogP contribution < -0.4 is 5.73 Å². The van der Waals surface area contributed by atoms with Crippen LogP contribution in [-0.2, 0) is 6.54 Å². The van der Waals surface area contributed by atoms with E-state index in [1.807, 2.05) is 24.3 Å². The van der Waals surface area contributed by atoms with Gasteiger partial charge < -0.3 is 10.3 Å².